The maximum absolute atomic E-state index is 12.6. The lowest BCUT2D eigenvalue weighted by atomic mass is 9.99. The topological polar surface area (TPSA) is 110 Å². The van der Waals surface area contributed by atoms with Crippen molar-refractivity contribution in [3.05, 3.63) is 0 Å². The highest BCUT2D eigenvalue weighted by Gasteiger charge is 2.28. The van der Waals surface area contributed by atoms with Crippen molar-refractivity contribution in [1.82, 2.24) is 5.32 Å². The minimum atomic E-state index is -1.26. The summed E-state index contributed by atoms with van der Waals surface area (Å²) in [6, 6.07) is -0.981. The van der Waals surface area contributed by atoms with Crippen molar-refractivity contribution in [2.45, 2.75) is 372 Å². The fourth-order valence-corrected chi connectivity index (χ4v) is 10.1. The molecule has 5 N–H and O–H groups in total. The Labute approximate surface area is 413 Å². The van der Waals surface area contributed by atoms with Crippen molar-refractivity contribution in [3.8, 4) is 0 Å². The van der Waals surface area contributed by atoms with Gasteiger partial charge in [0.1, 0.15) is 12.2 Å². The van der Waals surface area contributed by atoms with Crippen LogP contribution >= 0.6 is 0 Å². The number of carbonyl (C=O) groups is 1. The summed E-state index contributed by atoms with van der Waals surface area (Å²) in [5, 5.41) is 44.1. The van der Waals surface area contributed by atoms with E-state index in [-0.39, 0.29) is 0 Å². The predicted octanol–water partition coefficient (Wildman–Crippen LogP) is 17.9. The Kier molecular flexibility index (Phi) is 54.7. The quantitative estimate of drug-likeness (QED) is 0.0390. The monoisotopic (exact) mass is 936 g/mol. The Balaban J connectivity index is 3.55. The first-order valence-corrected chi connectivity index (χ1v) is 30.4. The zero-order chi connectivity index (χ0) is 48.1. The number of aliphatic hydroxyl groups excluding tert-OH is 4. The first kappa shape index (κ1) is 65.3. The Bertz CT molecular complexity index is 917. The minimum Gasteiger partial charge on any atom is -0.394 e. The molecule has 0 saturated heterocycles. The molecule has 6 nitrogen and oxygen atoms in total. The average Bonchev–Trinajstić information content (AvgIpc) is 3.32. The highest BCUT2D eigenvalue weighted by atomic mass is 16.3. The molecule has 4 atom stereocenters. The first-order valence-electron chi connectivity index (χ1n) is 30.4. The Morgan fingerprint density at radius 2 is 0.515 bits per heavy atom. The van der Waals surface area contributed by atoms with Crippen LogP contribution in [0.1, 0.15) is 348 Å². The van der Waals surface area contributed by atoms with Crippen molar-refractivity contribution in [1.29, 1.82) is 0 Å². The van der Waals surface area contributed by atoms with Gasteiger partial charge in [-0.1, -0.05) is 335 Å². The van der Waals surface area contributed by atoms with Gasteiger partial charge in [-0.25, -0.2) is 0 Å². The molecular formula is C60H121NO5. The highest BCUT2D eigenvalue weighted by molar-refractivity contribution is 5.80. The fraction of sp³-hybridized carbons (Fsp3) is 0.983. The number of amides is 1. The van der Waals surface area contributed by atoms with Gasteiger partial charge in [-0.2, -0.15) is 0 Å². The average molecular weight is 937 g/mol. The molecule has 1 amide bonds. The lowest BCUT2D eigenvalue weighted by Gasteiger charge is -2.27. The Morgan fingerprint density at radius 1 is 0.318 bits per heavy atom. The van der Waals surface area contributed by atoms with E-state index in [1.165, 1.54) is 283 Å². The second kappa shape index (κ2) is 55.2. The maximum Gasteiger partial charge on any atom is 0.249 e. The van der Waals surface area contributed by atoms with Crippen molar-refractivity contribution >= 4 is 5.91 Å². The van der Waals surface area contributed by atoms with Gasteiger partial charge in [-0.15, -0.1) is 0 Å². The number of nitrogens with one attached hydrogen (secondary N) is 1. The van der Waals surface area contributed by atoms with Crippen LogP contribution in [0.4, 0.5) is 0 Å². The smallest absolute Gasteiger partial charge is 0.249 e. The molecule has 0 saturated carbocycles. The third-order valence-corrected chi connectivity index (χ3v) is 14.8. The van der Waals surface area contributed by atoms with E-state index in [2.05, 4.69) is 19.2 Å². The molecule has 0 aromatic carbocycles. The van der Waals surface area contributed by atoms with Crippen LogP contribution < -0.4 is 5.32 Å². The van der Waals surface area contributed by atoms with Gasteiger partial charge in [0.25, 0.3) is 0 Å². The number of carbonyl (C=O) groups excluding carboxylic acids is 1. The summed E-state index contributed by atoms with van der Waals surface area (Å²) >= 11 is 0. The molecule has 6 heteroatoms. The number of hydrogen-bond acceptors (Lipinski definition) is 5. The van der Waals surface area contributed by atoms with Gasteiger partial charge >= 0.3 is 0 Å². The van der Waals surface area contributed by atoms with E-state index in [0.29, 0.717) is 12.8 Å². The summed E-state index contributed by atoms with van der Waals surface area (Å²) in [5.41, 5.74) is 0. The maximum atomic E-state index is 12.6. The molecule has 0 rings (SSSR count). The molecule has 0 spiro atoms. The molecule has 0 aliphatic rings. The zero-order valence-electron chi connectivity index (χ0n) is 45.0. The van der Waals surface area contributed by atoms with Gasteiger partial charge in [-0.3, -0.25) is 4.79 Å². The summed E-state index contributed by atoms with van der Waals surface area (Å²) in [7, 11) is 0. The van der Waals surface area contributed by atoms with Crippen molar-refractivity contribution < 1.29 is 25.2 Å². The van der Waals surface area contributed by atoms with E-state index in [4.69, 9.17) is 0 Å². The SMILES string of the molecule is CCCCCCCCCCCCCCCCCCCCCCCCCCCCCC(O)C(=O)NC(CO)C(O)C(O)CCCCCCCCCCCCCCCCCCCCCCCCC. The number of rotatable bonds is 57. The highest BCUT2D eigenvalue weighted by Crippen LogP contribution is 2.19. The number of hydrogen-bond donors (Lipinski definition) is 5. The minimum absolute atomic E-state index is 0.377. The van der Waals surface area contributed by atoms with E-state index >= 15 is 0 Å². The van der Waals surface area contributed by atoms with E-state index in [0.717, 1.165) is 38.5 Å². The van der Waals surface area contributed by atoms with Crippen LogP contribution in [-0.4, -0.2) is 57.3 Å². The summed E-state index contributed by atoms with van der Waals surface area (Å²) in [4.78, 5) is 12.6. The van der Waals surface area contributed by atoms with Gasteiger partial charge in [0.2, 0.25) is 5.91 Å². The molecule has 0 aliphatic carbocycles. The molecule has 66 heavy (non-hydrogen) atoms. The van der Waals surface area contributed by atoms with E-state index in [1.807, 2.05) is 0 Å². The second-order valence-corrected chi connectivity index (χ2v) is 21.4. The summed E-state index contributed by atoms with van der Waals surface area (Å²) < 4.78 is 0. The third kappa shape index (κ3) is 48.3. The van der Waals surface area contributed by atoms with E-state index in [1.54, 1.807) is 0 Å². The fourth-order valence-electron chi connectivity index (χ4n) is 10.1. The standard InChI is InChI=1S/C60H121NO5/c1-3-5-7-9-11-13-15-17-19-21-23-25-27-28-29-30-32-34-36-38-40-42-44-46-48-50-52-54-58(64)60(66)61-56(55-62)59(65)57(63)53-51-49-47-45-43-41-39-37-35-33-31-26-24-22-20-18-16-14-12-10-8-6-4-2/h56-59,62-65H,3-55H2,1-2H3,(H,61,66). The van der Waals surface area contributed by atoms with Gasteiger partial charge < -0.3 is 25.7 Å². The molecule has 0 radical (unpaired) electrons. The molecule has 396 valence electrons. The van der Waals surface area contributed by atoms with E-state index < -0.39 is 36.9 Å². The van der Waals surface area contributed by atoms with Crippen LogP contribution in [0.5, 0.6) is 0 Å². The van der Waals surface area contributed by atoms with Crippen LogP contribution in [0.3, 0.4) is 0 Å². The third-order valence-electron chi connectivity index (χ3n) is 14.8. The lowest BCUT2D eigenvalue weighted by Crippen LogP contribution is -2.53. The molecule has 0 aliphatic heterocycles. The summed E-state index contributed by atoms with van der Waals surface area (Å²) in [6.07, 6.45) is 64.7. The summed E-state index contributed by atoms with van der Waals surface area (Å²) in [5.74, 6) is -0.574. The number of unbranched alkanes of at least 4 members (excludes halogenated alkanes) is 48. The van der Waals surface area contributed by atoms with Gasteiger partial charge in [0.05, 0.1) is 18.8 Å². The van der Waals surface area contributed by atoms with Crippen LogP contribution in [0.25, 0.3) is 0 Å². The largest absolute Gasteiger partial charge is 0.394 e. The van der Waals surface area contributed by atoms with Crippen LogP contribution in [0.15, 0.2) is 0 Å². The van der Waals surface area contributed by atoms with E-state index in [9.17, 15) is 25.2 Å². The first-order chi connectivity index (χ1) is 32.5. The van der Waals surface area contributed by atoms with Crippen LogP contribution in [0.2, 0.25) is 0 Å². The lowest BCUT2D eigenvalue weighted by molar-refractivity contribution is -0.132. The normalized spacial score (nSPS) is 13.6. The van der Waals surface area contributed by atoms with Gasteiger partial charge in [0, 0.05) is 0 Å². The Morgan fingerprint density at radius 3 is 0.727 bits per heavy atom. The molecule has 0 aromatic rings. The van der Waals surface area contributed by atoms with Crippen molar-refractivity contribution in [2.24, 2.45) is 0 Å². The second-order valence-electron chi connectivity index (χ2n) is 21.4. The number of aliphatic hydroxyl groups is 4. The molecule has 0 heterocycles. The molecule has 0 aromatic heterocycles. The molecule has 0 fully saturated rings. The predicted molar refractivity (Wildman–Crippen MR) is 288 cm³/mol. The zero-order valence-corrected chi connectivity index (χ0v) is 45.0. The molecule has 4 unspecified atom stereocenters. The molecule has 0 bridgehead atoms. The van der Waals surface area contributed by atoms with Crippen LogP contribution in [-0.2, 0) is 4.79 Å². The van der Waals surface area contributed by atoms with Crippen molar-refractivity contribution in [2.75, 3.05) is 6.61 Å². The Hall–Kier alpha value is -0.690. The van der Waals surface area contributed by atoms with Gasteiger partial charge in [-0.05, 0) is 12.8 Å². The van der Waals surface area contributed by atoms with Crippen molar-refractivity contribution in [3.63, 3.8) is 0 Å². The molecular weight excluding hydrogens is 815 g/mol. The van der Waals surface area contributed by atoms with Gasteiger partial charge in [0.15, 0.2) is 0 Å². The summed E-state index contributed by atoms with van der Waals surface area (Å²) in [6.45, 7) is 4.11. The van der Waals surface area contributed by atoms with Crippen LogP contribution in [0, 0.1) is 0 Å².